The maximum absolute atomic E-state index is 12.9. The third kappa shape index (κ3) is 1.94. The molecular weight excluding hydrogens is 245 g/mol. The van der Waals surface area contributed by atoms with E-state index >= 15 is 0 Å². The summed E-state index contributed by atoms with van der Waals surface area (Å²) in [6, 6.07) is 5.26. The van der Waals surface area contributed by atoms with E-state index in [0.717, 1.165) is 6.07 Å². The Kier molecular flexibility index (Phi) is 2.80. The van der Waals surface area contributed by atoms with E-state index in [1.165, 1.54) is 25.1 Å². The van der Waals surface area contributed by atoms with Gasteiger partial charge in [-0.25, -0.2) is 0 Å². The quantitative estimate of drug-likeness (QED) is 0.796. The number of benzene rings is 1. The summed E-state index contributed by atoms with van der Waals surface area (Å²) in [6.45, 7) is 1.52. The Balaban J connectivity index is 2.80. The molecule has 2 N–H and O–H groups in total. The lowest BCUT2D eigenvalue weighted by Gasteiger charge is -2.10. The van der Waals surface area contributed by atoms with Crippen LogP contribution in [0.3, 0.4) is 0 Å². The fourth-order valence-electron chi connectivity index (χ4n) is 1.87. The first kappa shape index (κ1) is 12.5. The molecule has 0 radical (unpaired) electrons. The second-order valence-corrected chi connectivity index (χ2v) is 3.93. The lowest BCUT2D eigenvalue weighted by atomic mass is 10.2. The average molecular weight is 256 g/mol. The lowest BCUT2D eigenvalue weighted by Crippen LogP contribution is -2.18. The van der Waals surface area contributed by atoms with Crippen LogP contribution in [0.15, 0.2) is 24.3 Å². The first-order chi connectivity index (χ1) is 8.34. The molecule has 96 valence electrons. The van der Waals surface area contributed by atoms with E-state index in [4.69, 9.17) is 5.73 Å². The molecule has 0 atom stereocenters. The molecule has 0 saturated heterocycles. The van der Waals surface area contributed by atoms with Crippen molar-refractivity contribution in [3.63, 3.8) is 0 Å². The Morgan fingerprint density at radius 2 is 2.00 bits per heavy atom. The van der Waals surface area contributed by atoms with Crippen molar-refractivity contribution in [3.8, 4) is 0 Å². The van der Waals surface area contributed by atoms with Gasteiger partial charge in [0.15, 0.2) is 0 Å². The summed E-state index contributed by atoms with van der Waals surface area (Å²) in [7, 11) is 0. The Morgan fingerprint density at radius 3 is 2.56 bits per heavy atom. The molecule has 2 rings (SSSR count). The first-order valence-corrected chi connectivity index (χ1v) is 5.36. The van der Waals surface area contributed by atoms with Crippen molar-refractivity contribution in [3.05, 3.63) is 30.0 Å². The molecule has 0 unspecified atom stereocenters. The van der Waals surface area contributed by atoms with Crippen molar-refractivity contribution in [2.45, 2.75) is 19.5 Å². The first-order valence-electron chi connectivity index (χ1n) is 5.36. The molecule has 1 aromatic heterocycles. The third-order valence-corrected chi connectivity index (χ3v) is 2.67. The normalized spacial score (nSPS) is 12.0. The Morgan fingerprint density at radius 1 is 1.33 bits per heavy atom. The molecule has 0 saturated carbocycles. The summed E-state index contributed by atoms with van der Waals surface area (Å²) in [5, 5.41) is 0.309. The zero-order valence-corrected chi connectivity index (χ0v) is 9.58. The van der Waals surface area contributed by atoms with E-state index in [2.05, 4.69) is 0 Å². The minimum absolute atomic E-state index is 0.00274. The van der Waals surface area contributed by atoms with Gasteiger partial charge in [-0.3, -0.25) is 9.36 Å². The number of anilines is 1. The topological polar surface area (TPSA) is 48.0 Å². The van der Waals surface area contributed by atoms with Gasteiger partial charge in [0.1, 0.15) is 5.69 Å². The van der Waals surface area contributed by atoms with Gasteiger partial charge in [-0.15, -0.1) is 0 Å². The molecule has 6 heteroatoms. The zero-order chi connectivity index (χ0) is 13.5. The third-order valence-electron chi connectivity index (χ3n) is 2.67. The molecule has 0 aliphatic rings. The van der Waals surface area contributed by atoms with Gasteiger partial charge in [-0.05, 0) is 24.3 Å². The van der Waals surface area contributed by atoms with Crippen molar-refractivity contribution in [2.24, 2.45) is 0 Å². The predicted octanol–water partition coefficient (Wildman–Crippen LogP) is 3.29. The van der Waals surface area contributed by atoms with Crippen LogP contribution in [0, 0.1) is 0 Å². The number of nitrogens with zero attached hydrogens (tertiary/aromatic N) is 1. The van der Waals surface area contributed by atoms with Crippen LogP contribution in [0.2, 0.25) is 0 Å². The molecule has 0 spiro atoms. The molecule has 0 bridgehead atoms. The Bertz CT molecular complexity index is 614. The van der Waals surface area contributed by atoms with Gasteiger partial charge in [0.25, 0.3) is 0 Å². The number of halogens is 3. The number of carbonyl (C=O) groups excluding carboxylic acids is 1. The molecule has 3 nitrogen and oxygen atoms in total. The minimum Gasteiger partial charge on any atom is -0.399 e. The maximum atomic E-state index is 12.9. The van der Waals surface area contributed by atoms with Crippen LogP contribution in [0.1, 0.15) is 23.8 Å². The van der Waals surface area contributed by atoms with E-state index in [1.54, 1.807) is 0 Å². The van der Waals surface area contributed by atoms with Crippen LogP contribution < -0.4 is 5.73 Å². The number of rotatable bonds is 1. The summed E-state index contributed by atoms with van der Waals surface area (Å²) >= 11 is 0. The smallest absolute Gasteiger partial charge is 0.399 e. The molecule has 18 heavy (non-hydrogen) atoms. The monoisotopic (exact) mass is 256 g/mol. The SMILES string of the molecule is CCC(=O)n1c(C(F)(F)F)cc2cc(N)ccc21. The highest BCUT2D eigenvalue weighted by Crippen LogP contribution is 2.34. The summed E-state index contributed by atoms with van der Waals surface area (Å²) in [6.07, 6.45) is -4.57. The van der Waals surface area contributed by atoms with Crippen LogP contribution in [0.25, 0.3) is 10.9 Å². The summed E-state index contributed by atoms with van der Waals surface area (Å²) in [5.41, 5.74) is 5.15. The molecule has 1 heterocycles. The van der Waals surface area contributed by atoms with Crippen molar-refractivity contribution < 1.29 is 18.0 Å². The van der Waals surface area contributed by atoms with Crippen molar-refractivity contribution in [1.82, 2.24) is 4.57 Å². The summed E-state index contributed by atoms with van der Waals surface area (Å²) in [4.78, 5) is 11.7. The molecule has 0 aliphatic carbocycles. The predicted molar refractivity (Wildman–Crippen MR) is 62.3 cm³/mol. The van der Waals surface area contributed by atoms with Crippen LogP contribution >= 0.6 is 0 Å². The Labute approximate surface area is 101 Å². The van der Waals surface area contributed by atoms with Crippen LogP contribution in [-0.4, -0.2) is 10.5 Å². The maximum Gasteiger partial charge on any atom is 0.431 e. The van der Waals surface area contributed by atoms with Gasteiger partial charge in [0.2, 0.25) is 5.91 Å². The summed E-state index contributed by atoms with van der Waals surface area (Å²) < 4.78 is 39.3. The fourth-order valence-corrected chi connectivity index (χ4v) is 1.87. The van der Waals surface area contributed by atoms with Crippen LogP contribution in [0.4, 0.5) is 18.9 Å². The second-order valence-electron chi connectivity index (χ2n) is 3.93. The van der Waals surface area contributed by atoms with Gasteiger partial charge in [0, 0.05) is 17.5 Å². The largest absolute Gasteiger partial charge is 0.431 e. The van der Waals surface area contributed by atoms with Crippen molar-refractivity contribution in [2.75, 3.05) is 5.73 Å². The van der Waals surface area contributed by atoms with Gasteiger partial charge < -0.3 is 5.73 Å². The molecular formula is C12H11F3N2O. The van der Waals surface area contributed by atoms with E-state index in [0.29, 0.717) is 15.6 Å². The highest BCUT2D eigenvalue weighted by atomic mass is 19.4. The second kappa shape index (κ2) is 4.04. The van der Waals surface area contributed by atoms with Gasteiger partial charge in [0.05, 0.1) is 5.52 Å². The van der Waals surface area contributed by atoms with Crippen LogP contribution in [0.5, 0.6) is 0 Å². The average Bonchev–Trinajstić information content (AvgIpc) is 2.66. The fraction of sp³-hybridized carbons (Fsp3) is 0.250. The lowest BCUT2D eigenvalue weighted by molar-refractivity contribution is -0.142. The number of fused-ring (bicyclic) bond motifs is 1. The number of alkyl halides is 3. The molecule has 0 aliphatic heterocycles. The molecule has 1 aromatic carbocycles. The van der Waals surface area contributed by atoms with E-state index in [-0.39, 0.29) is 11.9 Å². The minimum atomic E-state index is -4.57. The molecule has 0 fully saturated rings. The molecule has 0 amide bonds. The number of aromatic nitrogens is 1. The van der Waals surface area contributed by atoms with Gasteiger partial charge >= 0.3 is 6.18 Å². The highest BCUT2D eigenvalue weighted by Gasteiger charge is 2.36. The number of hydrogen-bond donors (Lipinski definition) is 1. The number of nitrogen functional groups attached to an aromatic ring is 1. The van der Waals surface area contributed by atoms with Crippen LogP contribution in [-0.2, 0) is 6.18 Å². The highest BCUT2D eigenvalue weighted by molar-refractivity contribution is 5.95. The van der Waals surface area contributed by atoms with Gasteiger partial charge in [-0.2, -0.15) is 13.2 Å². The van der Waals surface area contributed by atoms with E-state index in [1.807, 2.05) is 0 Å². The number of hydrogen-bond acceptors (Lipinski definition) is 2. The zero-order valence-electron chi connectivity index (χ0n) is 9.58. The number of carbonyl (C=O) groups is 1. The number of nitrogens with two attached hydrogens (primary N) is 1. The van der Waals surface area contributed by atoms with Crippen molar-refractivity contribution >= 4 is 22.5 Å². The van der Waals surface area contributed by atoms with Crippen molar-refractivity contribution in [1.29, 1.82) is 0 Å². The van der Waals surface area contributed by atoms with E-state index in [9.17, 15) is 18.0 Å². The standard InChI is InChI=1S/C12H11F3N2O/c1-2-11(18)17-9-4-3-8(16)5-7(9)6-10(17)12(13,14)15/h3-6H,2,16H2,1H3. The van der Waals surface area contributed by atoms with Gasteiger partial charge in [-0.1, -0.05) is 6.92 Å². The Hall–Kier alpha value is -1.98. The van der Waals surface area contributed by atoms with E-state index < -0.39 is 17.8 Å². The summed E-state index contributed by atoms with van der Waals surface area (Å²) in [5.74, 6) is -0.595. The molecule has 2 aromatic rings.